The van der Waals surface area contributed by atoms with Crippen molar-refractivity contribution in [3.05, 3.63) is 39.9 Å². The van der Waals surface area contributed by atoms with Crippen molar-refractivity contribution < 1.29 is 14.5 Å². The molecule has 1 aromatic rings. The van der Waals surface area contributed by atoms with Gasteiger partial charge in [0.25, 0.3) is 11.6 Å². The summed E-state index contributed by atoms with van der Waals surface area (Å²) in [5.74, 6) is 0.932. The number of hydrogen-bond donors (Lipinski definition) is 1. The van der Waals surface area contributed by atoms with Gasteiger partial charge in [-0.05, 0) is 24.8 Å². The summed E-state index contributed by atoms with van der Waals surface area (Å²) in [6, 6.07) is 6.49. The molecule has 0 spiro atoms. The fourth-order valence-electron chi connectivity index (χ4n) is 3.65. The Morgan fingerprint density at radius 1 is 1.23 bits per heavy atom. The van der Waals surface area contributed by atoms with Gasteiger partial charge in [-0.3, -0.25) is 14.9 Å². The summed E-state index contributed by atoms with van der Waals surface area (Å²) >= 11 is 0. The lowest BCUT2D eigenvalue weighted by molar-refractivity contribution is -0.384. The number of rotatable bonds is 7. The minimum Gasteiger partial charge on any atom is -0.368 e. The number of carbonyl (C=O) groups is 1. The van der Waals surface area contributed by atoms with Crippen molar-refractivity contribution in [1.82, 2.24) is 15.1 Å². The van der Waals surface area contributed by atoms with Crippen LogP contribution in [0.3, 0.4) is 0 Å². The van der Waals surface area contributed by atoms with E-state index in [1.807, 2.05) is 4.90 Å². The third-order valence-electron chi connectivity index (χ3n) is 5.47. The topological polar surface area (TPSA) is 100 Å². The first kappa shape index (κ1) is 22.0. The van der Waals surface area contributed by atoms with Crippen molar-refractivity contribution in [2.45, 2.75) is 45.3 Å². The van der Waals surface area contributed by atoms with Gasteiger partial charge in [-0.2, -0.15) is 0 Å². The van der Waals surface area contributed by atoms with Gasteiger partial charge in [-0.1, -0.05) is 25.5 Å². The molecule has 0 saturated carbocycles. The van der Waals surface area contributed by atoms with Crippen LogP contribution >= 0.6 is 0 Å². The maximum Gasteiger partial charge on any atom is 0.269 e. The van der Waals surface area contributed by atoms with Gasteiger partial charge in [-0.25, -0.2) is 4.99 Å². The summed E-state index contributed by atoms with van der Waals surface area (Å²) < 4.78 is 5.54. The lowest BCUT2D eigenvalue weighted by Crippen LogP contribution is -2.55. The van der Waals surface area contributed by atoms with Crippen molar-refractivity contribution in [2.75, 3.05) is 39.3 Å². The molecule has 164 valence electrons. The largest absolute Gasteiger partial charge is 0.368 e. The molecule has 2 aliphatic heterocycles. The molecule has 2 heterocycles. The first-order valence-corrected chi connectivity index (χ1v) is 10.8. The predicted molar refractivity (Wildman–Crippen MR) is 114 cm³/mol. The van der Waals surface area contributed by atoms with Gasteiger partial charge in [0.2, 0.25) is 0 Å². The van der Waals surface area contributed by atoms with E-state index in [2.05, 4.69) is 17.1 Å². The Hall–Kier alpha value is -2.68. The monoisotopic (exact) mass is 417 g/mol. The number of guanidine groups is 1. The second-order valence-corrected chi connectivity index (χ2v) is 7.66. The number of aliphatic imine (C=N–C) groups is 1. The van der Waals surface area contributed by atoms with Crippen LogP contribution in [-0.2, 0) is 16.1 Å². The smallest absolute Gasteiger partial charge is 0.269 e. The number of carbonyl (C=O) groups excluding carboxylic acids is 1. The van der Waals surface area contributed by atoms with E-state index in [1.165, 1.54) is 12.1 Å². The molecule has 1 amide bonds. The first-order chi connectivity index (χ1) is 14.6. The average molecular weight is 418 g/mol. The summed E-state index contributed by atoms with van der Waals surface area (Å²) in [5.41, 5.74) is 0.999. The Labute approximate surface area is 177 Å². The van der Waals surface area contributed by atoms with Crippen molar-refractivity contribution in [2.24, 2.45) is 4.99 Å². The first-order valence-electron chi connectivity index (χ1n) is 10.8. The number of nitro groups is 1. The fraction of sp³-hybridized carbons (Fsp3) is 0.619. The van der Waals surface area contributed by atoms with Crippen LogP contribution in [0.15, 0.2) is 29.3 Å². The van der Waals surface area contributed by atoms with E-state index in [0.29, 0.717) is 26.2 Å². The molecule has 9 heteroatoms. The van der Waals surface area contributed by atoms with Gasteiger partial charge in [0.1, 0.15) is 6.10 Å². The van der Waals surface area contributed by atoms with Crippen LogP contribution in [0.2, 0.25) is 0 Å². The highest BCUT2D eigenvalue weighted by Gasteiger charge is 2.30. The SMILES string of the molecule is CCCCNC(=NCc1ccc([N+](=O)[O-])cc1)N1CCN(C(=O)C2CCCO2)CC1. The van der Waals surface area contributed by atoms with E-state index in [9.17, 15) is 14.9 Å². The zero-order valence-corrected chi connectivity index (χ0v) is 17.6. The zero-order valence-electron chi connectivity index (χ0n) is 17.6. The molecule has 0 bridgehead atoms. The second kappa shape index (κ2) is 10.9. The van der Waals surface area contributed by atoms with Gasteiger partial charge in [0.05, 0.1) is 11.5 Å². The van der Waals surface area contributed by atoms with Crippen molar-refractivity contribution in [3.8, 4) is 0 Å². The maximum absolute atomic E-state index is 12.6. The molecule has 9 nitrogen and oxygen atoms in total. The number of nitrogens with zero attached hydrogens (tertiary/aromatic N) is 4. The maximum atomic E-state index is 12.6. The summed E-state index contributed by atoms with van der Waals surface area (Å²) in [6.07, 6.45) is 3.64. The minimum absolute atomic E-state index is 0.0797. The van der Waals surface area contributed by atoms with Gasteiger partial charge in [-0.15, -0.1) is 0 Å². The average Bonchev–Trinajstić information content (AvgIpc) is 3.31. The predicted octanol–water partition coefficient (Wildman–Crippen LogP) is 2.16. The normalized spacial score (nSPS) is 19.8. The standard InChI is InChI=1S/C21H31N5O4/c1-2-3-10-22-21(23-16-17-6-8-18(9-7-17)26(28)29)25-13-11-24(12-14-25)20(27)19-5-4-15-30-19/h6-9,19H,2-5,10-16H2,1H3,(H,22,23). The number of nitrogens with one attached hydrogen (secondary N) is 1. The summed E-state index contributed by atoms with van der Waals surface area (Å²) in [4.78, 5) is 31.8. The molecule has 0 radical (unpaired) electrons. The number of nitro benzene ring substituents is 1. The molecular formula is C21H31N5O4. The Morgan fingerprint density at radius 2 is 1.93 bits per heavy atom. The molecule has 1 N–H and O–H groups in total. The summed E-state index contributed by atoms with van der Waals surface area (Å²) in [5, 5.41) is 14.2. The molecular weight excluding hydrogens is 386 g/mol. The molecule has 2 fully saturated rings. The molecule has 2 saturated heterocycles. The lowest BCUT2D eigenvalue weighted by Gasteiger charge is -2.37. The lowest BCUT2D eigenvalue weighted by atomic mass is 10.2. The van der Waals surface area contributed by atoms with Gasteiger partial charge in [0, 0.05) is 51.5 Å². The summed E-state index contributed by atoms with van der Waals surface area (Å²) in [7, 11) is 0. The molecule has 1 aromatic carbocycles. The van der Waals surface area contributed by atoms with E-state index in [4.69, 9.17) is 9.73 Å². The van der Waals surface area contributed by atoms with Crippen LogP contribution in [0.4, 0.5) is 5.69 Å². The van der Waals surface area contributed by atoms with Crippen LogP contribution in [0.1, 0.15) is 38.2 Å². The van der Waals surface area contributed by atoms with Crippen LogP contribution in [0.5, 0.6) is 0 Å². The van der Waals surface area contributed by atoms with Gasteiger partial charge in [0.15, 0.2) is 5.96 Å². The molecule has 30 heavy (non-hydrogen) atoms. The van der Waals surface area contributed by atoms with Crippen molar-refractivity contribution in [3.63, 3.8) is 0 Å². The van der Waals surface area contributed by atoms with E-state index in [1.54, 1.807) is 12.1 Å². The van der Waals surface area contributed by atoms with Crippen LogP contribution in [-0.4, -0.2) is 72.0 Å². The highest BCUT2D eigenvalue weighted by molar-refractivity contribution is 5.82. The highest BCUT2D eigenvalue weighted by atomic mass is 16.6. The van der Waals surface area contributed by atoms with Gasteiger partial charge >= 0.3 is 0 Å². The molecule has 1 atom stereocenters. The third kappa shape index (κ3) is 5.91. The fourth-order valence-corrected chi connectivity index (χ4v) is 3.65. The number of hydrogen-bond acceptors (Lipinski definition) is 5. The van der Waals surface area contributed by atoms with Crippen LogP contribution < -0.4 is 5.32 Å². The molecule has 1 unspecified atom stereocenters. The number of unbranched alkanes of at least 4 members (excludes halogenated alkanes) is 1. The number of non-ortho nitro benzene ring substituents is 1. The molecule has 0 aromatic heterocycles. The van der Waals surface area contributed by atoms with Crippen molar-refractivity contribution in [1.29, 1.82) is 0 Å². The molecule has 3 rings (SSSR count). The summed E-state index contributed by atoms with van der Waals surface area (Å²) in [6.45, 7) is 6.86. The van der Waals surface area contributed by atoms with E-state index in [0.717, 1.165) is 56.8 Å². The van der Waals surface area contributed by atoms with E-state index in [-0.39, 0.29) is 17.7 Å². The van der Waals surface area contributed by atoms with Crippen molar-refractivity contribution >= 4 is 17.6 Å². The number of benzene rings is 1. The Balaban J connectivity index is 1.59. The third-order valence-corrected chi connectivity index (χ3v) is 5.47. The zero-order chi connectivity index (χ0) is 21.3. The van der Waals surface area contributed by atoms with Gasteiger partial charge < -0.3 is 19.9 Å². The Bertz CT molecular complexity index is 738. The number of amides is 1. The number of ether oxygens (including phenoxy) is 1. The van der Waals surface area contributed by atoms with E-state index >= 15 is 0 Å². The second-order valence-electron chi connectivity index (χ2n) is 7.66. The Kier molecular flexibility index (Phi) is 8.01. The molecule has 0 aliphatic carbocycles. The van der Waals surface area contributed by atoms with Crippen LogP contribution in [0.25, 0.3) is 0 Å². The number of piperazine rings is 1. The highest BCUT2D eigenvalue weighted by Crippen LogP contribution is 2.16. The molecule has 2 aliphatic rings. The van der Waals surface area contributed by atoms with Crippen LogP contribution in [0, 0.1) is 10.1 Å². The minimum atomic E-state index is -0.401. The quantitative estimate of drug-likeness (QED) is 0.240. The van der Waals surface area contributed by atoms with E-state index < -0.39 is 4.92 Å². The Morgan fingerprint density at radius 3 is 2.53 bits per heavy atom.